The zero-order chi connectivity index (χ0) is 19.5. The fourth-order valence-corrected chi connectivity index (χ4v) is 4.66. The molecular weight excluding hydrogens is 370 g/mol. The number of aromatic amines is 1. The van der Waals surface area contributed by atoms with Crippen LogP contribution in [0.25, 0.3) is 0 Å². The number of nitrogens with zero attached hydrogens (tertiary/aromatic N) is 3. The van der Waals surface area contributed by atoms with Crippen molar-refractivity contribution in [2.75, 3.05) is 39.4 Å². The van der Waals surface area contributed by atoms with Crippen LogP contribution in [0.15, 0.2) is 30.5 Å². The lowest BCUT2D eigenvalue weighted by molar-refractivity contribution is 0.0365. The number of aryl methyl sites for hydroxylation is 2. The molecule has 150 valence electrons. The SMILES string of the molecule is Cc1cc([C@H]2[C@H](c3ccccn3)NC(=S)N2CCCN2CCOCC2)c(C)[nH]1. The number of morpholine rings is 1. The van der Waals surface area contributed by atoms with Gasteiger partial charge in [-0.2, -0.15) is 0 Å². The molecule has 4 heterocycles. The highest BCUT2D eigenvalue weighted by Gasteiger charge is 2.40. The second kappa shape index (κ2) is 8.59. The summed E-state index contributed by atoms with van der Waals surface area (Å²) in [5.74, 6) is 0. The van der Waals surface area contributed by atoms with Crippen molar-refractivity contribution in [3.8, 4) is 0 Å². The zero-order valence-corrected chi connectivity index (χ0v) is 17.5. The number of hydrogen-bond donors (Lipinski definition) is 2. The van der Waals surface area contributed by atoms with Crippen molar-refractivity contribution in [1.82, 2.24) is 25.1 Å². The van der Waals surface area contributed by atoms with Gasteiger partial charge in [-0.05, 0) is 56.2 Å². The van der Waals surface area contributed by atoms with Crippen LogP contribution in [0.1, 0.15) is 41.1 Å². The van der Waals surface area contributed by atoms with Gasteiger partial charge in [-0.15, -0.1) is 0 Å². The standard InChI is InChI=1S/C21H29N5OS/c1-15-14-17(16(2)23-15)20-19(18-6-3-4-7-22-18)24-21(28)26(20)9-5-8-25-10-12-27-13-11-25/h3-4,6-7,14,19-20,23H,5,8-13H2,1-2H3,(H,24,28)/t19-,20-/m0/s1. The van der Waals surface area contributed by atoms with E-state index in [4.69, 9.17) is 17.0 Å². The smallest absolute Gasteiger partial charge is 0.170 e. The zero-order valence-electron chi connectivity index (χ0n) is 16.6. The summed E-state index contributed by atoms with van der Waals surface area (Å²) in [6.07, 6.45) is 2.93. The molecule has 0 bridgehead atoms. The van der Waals surface area contributed by atoms with Crippen LogP contribution in [-0.4, -0.2) is 64.3 Å². The van der Waals surface area contributed by atoms with Crippen LogP contribution in [-0.2, 0) is 4.74 Å². The van der Waals surface area contributed by atoms with E-state index in [1.807, 2.05) is 18.3 Å². The quantitative estimate of drug-likeness (QED) is 0.729. The Labute approximate surface area is 172 Å². The molecule has 4 rings (SSSR count). The summed E-state index contributed by atoms with van der Waals surface area (Å²) < 4.78 is 5.46. The van der Waals surface area contributed by atoms with Crippen LogP contribution >= 0.6 is 12.2 Å². The minimum absolute atomic E-state index is 0.0611. The molecule has 2 aromatic rings. The molecule has 2 fully saturated rings. The first-order valence-corrected chi connectivity index (χ1v) is 10.5. The van der Waals surface area contributed by atoms with Crippen molar-refractivity contribution >= 4 is 17.3 Å². The van der Waals surface area contributed by atoms with E-state index in [9.17, 15) is 0 Å². The fourth-order valence-electron chi connectivity index (χ4n) is 4.33. The van der Waals surface area contributed by atoms with Crippen molar-refractivity contribution in [3.63, 3.8) is 0 Å². The summed E-state index contributed by atoms with van der Waals surface area (Å²) in [5, 5.41) is 4.36. The largest absolute Gasteiger partial charge is 0.379 e. The molecule has 2 N–H and O–H groups in total. The van der Waals surface area contributed by atoms with E-state index < -0.39 is 0 Å². The summed E-state index contributed by atoms with van der Waals surface area (Å²) in [7, 11) is 0. The number of ether oxygens (including phenoxy) is 1. The van der Waals surface area contributed by atoms with Gasteiger partial charge in [0.15, 0.2) is 5.11 Å². The van der Waals surface area contributed by atoms with Gasteiger partial charge in [-0.3, -0.25) is 9.88 Å². The maximum absolute atomic E-state index is 5.76. The van der Waals surface area contributed by atoms with E-state index in [1.165, 1.54) is 17.0 Å². The molecule has 0 spiro atoms. The third-order valence-electron chi connectivity index (χ3n) is 5.68. The first kappa shape index (κ1) is 19.4. The number of pyridine rings is 1. The Hall–Kier alpha value is -1.96. The molecule has 0 aliphatic carbocycles. The minimum atomic E-state index is 0.0611. The van der Waals surface area contributed by atoms with Gasteiger partial charge in [0.2, 0.25) is 0 Å². The molecule has 0 amide bonds. The third kappa shape index (κ3) is 4.06. The van der Waals surface area contributed by atoms with E-state index in [0.717, 1.165) is 56.6 Å². The Morgan fingerprint density at radius 1 is 1.21 bits per heavy atom. The lowest BCUT2D eigenvalue weighted by atomic mass is 9.96. The maximum atomic E-state index is 5.76. The maximum Gasteiger partial charge on any atom is 0.170 e. The van der Waals surface area contributed by atoms with Crippen LogP contribution in [0.3, 0.4) is 0 Å². The Morgan fingerprint density at radius 3 is 2.71 bits per heavy atom. The first-order valence-electron chi connectivity index (χ1n) is 10.1. The topological polar surface area (TPSA) is 56.4 Å². The van der Waals surface area contributed by atoms with E-state index in [-0.39, 0.29) is 12.1 Å². The Kier molecular flexibility index (Phi) is 5.94. The third-order valence-corrected chi connectivity index (χ3v) is 6.04. The molecule has 2 aromatic heterocycles. The monoisotopic (exact) mass is 399 g/mol. The number of thiocarbonyl (C=S) groups is 1. The van der Waals surface area contributed by atoms with Crippen LogP contribution in [0, 0.1) is 13.8 Å². The fraction of sp³-hybridized carbons (Fsp3) is 0.524. The Balaban J connectivity index is 1.54. The summed E-state index contributed by atoms with van der Waals surface area (Å²) >= 11 is 5.76. The molecular formula is C21H29N5OS. The predicted octanol–water partition coefficient (Wildman–Crippen LogP) is 2.72. The molecule has 2 atom stereocenters. The van der Waals surface area contributed by atoms with E-state index >= 15 is 0 Å². The highest BCUT2D eigenvalue weighted by atomic mass is 32.1. The summed E-state index contributed by atoms with van der Waals surface area (Å²) in [5.41, 5.74) is 4.71. The molecule has 0 radical (unpaired) electrons. The molecule has 2 aliphatic rings. The lowest BCUT2D eigenvalue weighted by Gasteiger charge is -2.30. The van der Waals surface area contributed by atoms with E-state index in [1.54, 1.807) is 0 Å². The normalized spacial score (nSPS) is 23.2. The second-order valence-electron chi connectivity index (χ2n) is 7.66. The number of hydrogen-bond acceptors (Lipinski definition) is 4. The Bertz CT molecular complexity index is 802. The average molecular weight is 400 g/mol. The van der Waals surface area contributed by atoms with Crippen molar-refractivity contribution in [2.45, 2.75) is 32.4 Å². The molecule has 0 aromatic carbocycles. The van der Waals surface area contributed by atoms with Crippen molar-refractivity contribution in [2.24, 2.45) is 0 Å². The number of nitrogens with one attached hydrogen (secondary N) is 2. The van der Waals surface area contributed by atoms with Crippen LogP contribution in [0.4, 0.5) is 0 Å². The van der Waals surface area contributed by atoms with Gasteiger partial charge in [0.25, 0.3) is 0 Å². The first-order chi connectivity index (χ1) is 13.6. The van der Waals surface area contributed by atoms with Gasteiger partial charge in [0.05, 0.1) is 31.0 Å². The van der Waals surface area contributed by atoms with Crippen LogP contribution in [0.5, 0.6) is 0 Å². The predicted molar refractivity (Wildman–Crippen MR) is 114 cm³/mol. The van der Waals surface area contributed by atoms with Crippen molar-refractivity contribution in [1.29, 1.82) is 0 Å². The molecule has 6 nitrogen and oxygen atoms in total. The van der Waals surface area contributed by atoms with Gasteiger partial charge in [0, 0.05) is 43.8 Å². The molecule has 7 heteroatoms. The summed E-state index contributed by atoms with van der Waals surface area (Å²) in [6.45, 7) is 10.00. The van der Waals surface area contributed by atoms with Gasteiger partial charge >= 0.3 is 0 Å². The highest BCUT2D eigenvalue weighted by molar-refractivity contribution is 7.80. The summed E-state index contributed by atoms with van der Waals surface area (Å²) in [6, 6.07) is 8.54. The average Bonchev–Trinajstić information content (AvgIpc) is 3.21. The highest BCUT2D eigenvalue weighted by Crippen LogP contribution is 2.40. The molecule has 28 heavy (non-hydrogen) atoms. The van der Waals surface area contributed by atoms with E-state index in [2.05, 4.69) is 51.1 Å². The molecule has 0 saturated carbocycles. The van der Waals surface area contributed by atoms with Gasteiger partial charge in [-0.1, -0.05) is 6.07 Å². The second-order valence-corrected chi connectivity index (χ2v) is 8.05. The molecule has 0 unspecified atom stereocenters. The summed E-state index contributed by atoms with van der Waals surface area (Å²) in [4.78, 5) is 12.9. The van der Waals surface area contributed by atoms with Gasteiger partial charge < -0.3 is 19.9 Å². The molecule has 2 aliphatic heterocycles. The minimum Gasteiger partial charge on any atom is -0.379 e. The van der Waals surface area contributed by atoms with Crippen molar-refractivity contribution in [3.05, 3.63) is 53.1 Å². The number of aromatic nitrogens is 2. The van der Waals surface area contributed by atoms with Gasteiger partial charge in [0.1, 0.15) is 0 Å². The van der Waals surface area contributed by atoms with E-state index in [0.29, 0.717) is 0 Å². The van der Waals surface area contributed by atoms with Gasteiger partial charge in [-0.25, -0.2) is 0 Å². The van der Waals surface area contributed by atoms with Crippen LogP contribution in [0.2, 0.25) is 0 Å². The lowest BCUT2D eigenvalue weighted by Crippen LogP contribution is -2.39. The number of rotatable bonds is 6. The molecule has 2 saturated heterocycles. The van der Waals surface area contributed by atoms with Crippen molar-refractivity contribution < 1.29 is 4.74 Å². The number of H-pyrrole nitrogens is 1. The Morgan fingerprint density at radius 2 is 2.04 bits per heavy atom. The van der Waals surface area contributed by atoms with Crippen LogP contribution < -0.4 is 5.32 Å².